The first-order valence-electron chi connectivity index (χ1n) is 9.96. The van der Waals surface area contributed by atoms with Gasteiger partial charge in [0.2, 0.25) is 5.88 Å². The lowest BCUT2D eigenvalue weighted by atomic mass is 10.1. The number of anilines is 2. The fourth-order valence-corrected chi connectivity index (χ4v) is 3.81. The van der Waals surface area contributed by atoms with Crippen LogP contribution < -0.4 is 24.4 Å². The van der Waals surface area contributed by atoms with Crippen molar-refractivity contribution in [3.05, 3.63) is 35.5 Å². The molecule has 0 bridgehead atoms. The highest BCUT2D eigenvalue weighted by molar-refractivity contribution is 7.80. The van der Waals surface area contributed by atoms with Crippen molar-refractivity contribution < 1.29 is 19.0 Å². The summed E-state index contributed by atoms with van der Waals surface area (Å²) in [5, 5.41) is 3.77. The van der Waals surface area contributed by atoms with Gasteiger partial charge in [0, 0.05) is 55.6 Å². The standard InChI is InChI=1S/C22H28N4O4S/c1-14-19(15(2)27)13-20(21(23-14)30-5)24-22(31)26-8-6-25(7-9-26)16-10-17(28-3)12-18(11-16)29-4/h10-13H,6-9H2,1-5H3,(H,24,31). The van der Waals surface area contributed by atoms with Crippen LogP contribution >= 0.6 is 12.2 Å². The lowest BCUT2D eigenvalue weighted by Crippen LogP contribution is -2.50. The summed E-state index contributed by atoms with van der Waals surface area (Å²) in [6.07, 6.45) is 0. The minimum absolute atomic E-state index is 0.0519. The third kappa shape index (κ3) is 5.16. The van der Waals surface area contributed by atoms with E-state index in [0.717, 1.165) is 43.4 Å². The van der Waals surface area contributed by atoms with Gasteiger partial charge in [-0.25, -0.2) is 4.98 Å². The smallest absolute Gasteiger partial charge is 0.237 e. The van der Waals surface area contributed by atoms with Gasteiger partial charge in [0.25, 0.3) is 0 Å². The second-order valence-corrected chi connectivity index (χ2v) is 7.60. The number of thiocarbonyl (C=S) groups is 1. The average molecular weight is 445 g/mol. The normalized spacial score (nSPS) is 13.6. The van der Waals surface area contributed by atoms with Gasteiger partial charge in [-0.05, 0) is 32.1 Å². The number of aryl methyl sites for hydroxylation is 1. The number of Topliss-reactive ketones (excluding diaryl/α,β-unsaturated/α-hetero) is 1. The lowest BCUT2D eigenvalue weighted by Gasteiger charge is -2.37. The molecule has 9 heteroatoms. The van der Waals surface area contributed by atoms with Crippen molar-refractivity contribution in [1.29, 1.82) is 0 Å². The predicted octanol–water partition coefficient (Wildman–Crippen LogP) is 3.14. The minimum atomic E-state index is -0.0519. The summed E-state index contributed by atoms with van der Waals surface area (Å²) in [4.78, 5) is 20.6. The molecule has 0 saturated carbocycles. The first-order chi connectivity index (χ1) is 14.9. The maximum atomic E-state index is 11.9. The molecule has 2 heterocycles. The van der Waals surface area contributed by atoms with Gasteiger partial charge >= 0.3 is 0 Å². The van der Waals surface area contributed by atoms with E-state index in [4.69, 9.17) is 26.4 Å². The van der Waals surface area contributed by atoms with E-state index < -0.39 is 0 Å². The zero-order valence-corrected chi connectivity index (χ0v) is 19.3. The molecule has 0 radical (unpaired) electrons. The third-order valence-electron chi connectivity index (χ3n) is 5.26. The number of ketones is 1. The molecule has 1 aliphatic rings. The largest absolute Gasteiger partial charge is 0.497 e. The second-order valence-electron chi connectivity index (χ2n) is 7.21. The van der Waals surface area contributed by atoms with Crippen molar-refractivity contribution in [2.24, 2.45) is 0 Å². The number of benzene rings is 1. The zero-order valence-electron chi connectivity index (χ0n) is 18.5. The van der Waals surface area contributed by atoms with E-state index in [9.17, 15) is 4.79 Å². The number of carbonyl (C=O) groups is 1. The van der Waals surface area contributed by atoms with Gasteiger partial charge in [-0.2, -0.15) is 0 Å². The number of nitrogens with zero attached hydrogens (tertiary/aromatic N) is 3. The Morgan fingerprint density at radius 3 is 2.13 bits per heavy atom. The summed E-state index contributed by atoms with van der Waals surface area (Å²) >= 11 is 5.63. The van der Waals surface area contributed by atoms with Crippen LogP contribution in [0.1, 0.15) is 23.0 Å². The van der Waals surface area contributed by atoms with Crippen molar-refractivity contribution in [2.75, 3.05) is 57.7 Å². The molecule has 1 aliphatic heterocycles. The van der Waals surface area contributed by atoms with E-state index in [-0.39, 0.29) is 5.78 Å². The number of hydrogen-bond donors (Lipinski definition) is 1. The molecular formula is C22H28N4O4S. The Hall–Kier alpha value is -3.07. The zero-order chi connectivity index (χ0) is 22.5. The number of hydrogen-bond acceptors (Lipinski definition) is 7. The molecule has 1 aromatic carbocycles. The van der Waals surface area contributed by atoms with Crippen molar-refractivity contribution in [3.63, 3.8) is 0 Å². The van der Waals surface area contributed by atoms with Crippen LogP contribution in [0.4, 0.5) is 11.4 Å². The summed E-state index contributed by atoms with van der Waals surface area (Å²) in [6.45, 7) is 6.37. The quantitative estimate of drug-likeness (QED) is 0.534. The summed E-state index contributed by atoms with van der Waals surface area (Å²) in [5.74, 6) is 1.87. The molecule has 8 nitrogen and oxygen atoms in total. The van der Waals surface area contributed by atoms with Crippen LogP contribution in [-0.2, 0) is 0 Å². The van der Waals surface area contributed by atoms with Crippen LogP contribution in [-0.4, -0.2) is 68.3 Å². The first-order valence-corrected chi connectivity index (χ1v) is 10.4. The van der Waals surface area contributed by atoms with Gasteiger partial charge in [-0.15, -0.1) is 0 Å². The molecule has 1 aromatic heterocycles. The Morgan fingerprint density at radius 1 is 1.00 bits per heavy atom. The Labute approximate surface area is 188 Å². The molecule has 1 N–H and O–H groups in total. The molecule has 0 amide bonds. The number of carbonyl (C=O) groups excluding carboxylic acids is 1. The monoisotopic (exact) mass is 444 g/mol. The van der Waals surface area contributed by atoms with Crippen LogP contribution in [0.3, 0.4) is 0 Å². The van der Waals surface area contributed by atoms with E-state index in [1.54, 1.807) is 34.3 Å². The van der Waals surface area contributed by atoms with Gasteiger partial charge < -0.3 is 29.3 Å². The van der Waals surface area contributed by atoms with Crippen molar-refractivity contribution in [3.8, 4) is 17.4 Å². The molecule has 3 rings (SSSR count). The van der Waals surface area contributed by atoms with Gasteiger partial charge in [-0.3, -0.25) is 4.79 Å². The number of pyridine rings is 1. The number of nitrogens with one attached hydrogen (secondary N) is 1. The van der Waals surface area contributed by atoms with Crippen LogP contribution in [0.25, 0.3) is 0 Å². The second kappa shape index (κ2) is 9.82. The predicted molar refractivity (Wildman–Crippen MR) is 125 cm³/mol. The average Bonchev–Trinajstić information content (AvgIpc) is 2.79. The SMILES string of the molecule is COc1cc(OC)cc(N2CCN(C(=S)Nc3cc(C(C)=O)c(C)nc3OC)CC2)c1. The molecular weight excluding hydrogens is 416 g/mol. The van der Waals surface area contributed by atoms with E-state index in [0.29, 0.717) is 27.9 Å². The van der Waals surface area contributed by atoms with Crippen LogP contribution in [0.15, 0.2) is 24.3 Å². The Balaban J connectivity index is 1.69. The Kier molecular flexibility index (Phi) is 7.17. The third-order valence-corrected chi connectivity index (χ3v) is 5.62. The highest BCUT2D eigenvalue weighted by Crippen LogP contribution is 2.29. The minimum Gasteiger partial charge on any atom is -0.497 e. The fraction of sp³-hybridized carbons (Fsp3) is 0.409. The lowest BCUT2D eigenvalue weighted by molar-refractivity contribution is 0.101. The van der Waals surface area contributed by atoms with E-state index in [1.165, 1.54) is 6.92 Å². The molecule has 1 saturated heterocycles. The van der Waals surface area contributed by atoms with Crippen LogP contribution in [0.5, 0.6) is 17.4 Å². The highest BCUT2D eigenvalue weighted by Gasteiger charge is 2.22. The maximum absolute atomic E-state index is 11.9. The molecule has 1 fully saturated rings. The molecule has 0 unspecified atom stereocenters. The maximum Gasteiger partial charge on any atom is 0.237 e. The number of methoxy groups -OCH3 is 3. The number of rotatable bonds is 6. The summed E-state index contributed by atoms with van der Waals surface area (Å²) in [6, 6.07) is 7.60. The van der Waals surface area contributed by atoms with E-state index in [1.807, 2.05) is 18.2 Å². The van der Waals surface area contributed by atoms with E-state index >= 15 is 0 Å². The van der Waals surface area contributed by atoms with Crippen LogP contribution in [0.2, 0.25) is 0 Å². The van der Waals surface area contributed by atoms with Gasteiger partial charge in [0.05, 0.1) is 27.0 Å². The Bertz CT molecular complexity index is 952. The molecule has 0 aliphatic carbocycles. The van der Waals surface area contributed by atoms with E-state index in [2.05, 4.69) is 20.1 Å². The summed E-state index contributed by atoms with van der Waals surface area (Å²) < 4.78 is 16.1. The molecule has 31 heavy (non-hydrogen) atoms. The summed E-state index contributed by atoms with van der Waals surface area (Å²) in [5.41, 5.74) is 2.81. The number of ether oxygens (including phenoxy) is 3. The number of aromatic nitrogens is 1. The van der Waals surface area contributed by atoms with Gasteiger partial charge in [-0.1, -0.05) is 0 Å². The topological polar surface area (TPSA) is 76.2 Å². The van der Waals surface area contributed by atoms with Crippen molar-refractivity contribution in [2.45, 2.75) is 13.8 Å². The molecule has 166 valence electrons. The van der Waals surface area contributed by atoms with Crippen molar-refractivity contribution in [1.82, 2.24) is 9.88 Å². The van der Waals surface area contributed by atoms with Crippen molar-refractivity contribution >= 4 is 34.5 Å². The number of piperazine rings is 1. The molecule has 0 atom stereocenters. The van der Waals surface area contributed by atoms with Crippen LogP contribution in [0, 0.1) is 6.92 Å². The van der Waals surface area contributed by atoms with Gasteiger partial charge in [0.1, 0.15) is 17.2 Å². The summed E-state index contributed by atoms with van der Waals surface area (Å²) in [7, 11) is 4.84. The first kappa shape index (κ1) is 22.6. The highest BCUT2D eigenvalue weighted by atomic mass is 32.1. The molecule has 0 spiro atoms. The molecule has 2 aromatic rings. The fourth-order valence-electron chi connectivity index (χ4n) is 3.52. The van der Waals surface area contributed by atoms with Gasteiger partial charge in [0.15, 0.2) is 10.9 Å². The Morgan fingerprint density at radius 2 is 1.61 bits per heavy atom.